The van der Waals surface area contributed by atoms with Gasteiger partial charge < -0.3 is 19.9 Å². The average Bonchev–Trinajstić information content (AvgIpc) is 2.44. The van der Waals surface area contributed by atoms with Crippen molar-refractivity contribution in [3.05, 3.63) is 35.9 Å². The molecular formula is C15H19NO5. The van der Waals surface area contributed by atoms with Crippen LogP contribution in [0.4, 0.5) is 5.69 Å². The van der Waals surface area contributed by atoms with Crippen LogP contribution in [0, 0.1) is 0 Å². The number of rotatable bonds is 6. The van der Waals surface area contributed by atoms with Crippen molar-refractivity contribution in [3.63, 3.8) is 0 Å². The number of nitrogens with two attached hydrogens (primary N) is 1. The van der Waals surface area contributed by atoms with Gasteiger partial charge in [-0.3, -0.25) is 4.79 Å². The summed E-state index contributed by atoms with van der Waals surface area (Å²) < 4.78 is 15.1. The van der Waals surface area contributed by atoms with Crippen molar-refractivity contribution in [1.29, 1.82) is 0 Å². The van der Waals surface area contributed by atoms with Crippen LogP contribution in [0.25, 0.3) is 0 Å². The van der Waals surface area contributed by atoms with Crippen molar-refractivity contribution in [3.8, 4) is 5.75 Å². The molecule has 0 aliphatic rings. The number of hydrogen-bond acceptors (Lipinski definition) is 6. The van der Waals surface area contributed by atoms with Crippen molar-refractivity contribution in [2.75, 3.05) is 19.5 Å². The van der Waals surface area contributed by atoms with Gasteiger partial charge in [0.25, 0.3) is 0 Å². The fourth-order valence-electron chi connectivity index (χ4n) is 1.75. The predicted molar refractivity (Wildman–Crippen MR) is 77.7 cm³/mol. The molecule has 0 fully saturated rings. The number of anilines is 1. The van der Waals surface area contributed by atoms with E-state index in [1.165, 1.54) is 14.0 Å². The first-order valence-corrected chi connectivity index (χ1v) is 6.37. The molecule has 2 N–H and O–H groups in total. The zero-order chi connectivity index (χ0) is 16.0. The zero-order valence-corrected chi connectivity index (χ0v) is 12.3. The maximum atomic E-state index is 11.8. The molecule has 0 saturated carbocycles. The van der Waals surface area contributed by atoms with E-state index < -0.39 is 18.0 Å². The van der Waals surface area contributed by atoms with Crippen LogP contribution >= 0.6 is 0 Å². The minimum absolute atomic E-state index is 0.0246. The molecule has 0 spiro atoms. The van der Waals surface area contributed by atoms with Crippen LogP contribution in [0.3, 0.4) is 0 Å². The number of carbonyl (C=O) groups excluding carboxylic acids is 2. The molecule has 1 aromatic rings. The first-order chi connectivity index (χ1) is 9.90. The van der Waals surface area contributed by atoms with E-state index in [1.807, 2.05) is 0 Å². The minimum Gasteiger partial charge on any atom is -0.495 e. The van der Waals surface area contributed by atoms with E-state index in [0.717, 1.165) is 0 Å². The van der Waals surface area contributed by atoms with E-state index in [1.54, 1.807) is 25.1 Å². The number of hydrogen-bond donors (Lipinski definition) is 1. The Morgan fingerprint density at radius 2 is 2.05 bits per heavy atom. The fourth-order valence-corrected chi connectivity index (χ4v) is 1.75. The molecule has 6 nitrogen and oxygen atoms in total. The largest absolute Gasteiger partial charge is 0.495 e. The van der Waals surface area contributed by atoms with Crippen LogP contribution in [-0.4, -0.2) is 25.7 Å². The van der Waals surface area contributed by atoms with Gasteiger partial charge in [0.1, 0.15) is 5.75 Å². The number of carbonyl (C=O) groups is 2. The summed E-state index contributed by atoms with van der Waals surface area (Å²) in [4.78, 5) is 23.0. The molecule has 1 rings (SSSR count). The normalized spacial score (nSPS) is 11.4. The molecule has 0 bridgehead atoms. The average molecular weight is 293 g/mol. The zero-order valence-electron chi connectivity index (χ0n) is 12.3. The highest BCUT2D eigenvalue weighted by Crippen LogP contribution is 2.31. The van der Waals surface area contributed by atoms with Crippen LogP contribution in [0.1, 0.15) is 25.5 Å². The van der Waals surface area contributed by atoms with Gasteiger partial charge in [0.15, 0.2) is 6.10 Å². The number of esters is 2. The second-order valence-corrected chi connectivity index (χ2v) is 4.24. The van der Waals surface area contributed by atoms with Gasteiger partial charge in [-0.05, 0) is 24.6 Å². The standard InChI is InChI=1S/C15H19NO5/c1-5-20-15(18)9(2)14(21-10(3)17)11-6-7-13(19-4)12(16)8-11/h6-8,14H,2,5,16H2,1,3-4H3. The molecule has 0 saturated heterocycles. The van der Waals surface area contributed by atoms with Crippen LogP contribution in [0.15, 0.2) is 30.4 Å². The van der Waals surface area contributed by atoms with E-state index >= 15 is 0 Å². The van der Waals surface area contributed by atoms with E-state index in [9.17, 15) is 9.59 Å². The molecule has 6 heteroatoms. The van der Waals surface area contributed by atoms with Crippen molar-refractivity contribution in [2.24, 2.45) is 0 Å². The van der Waals surface area contributed by atoms with Gasteiger partial charge in [-0.15, -0.1) is 0 Å². The Hall–Kier alpha value is -2.50. The maximum absolute atomic E-state index is 11.8. The van der Waals surface area contributed by atoms with Gasteiger partial charge in [0.2, 0.25) is 0 Å². The highest BCUT2D eigenvalue weighted by molar-refractivity contribution is 5.89. The number of nitrogen functional groups attached to an aromatic ring is 1. The molecule has 0 aromatic heterocycles. The Morgan fingerprint density at radius 3 is 2.52 bits per heavy atom. The minimum atomic E-state index is -0.949. The highest BCUT2D eigenvalue weighted by atomic mass is 16.6. The molecule has 1 unspecified atom stereocenters. The maximum Gasteiger partial charge on any atom is 0.337 e. The van der Waals surface area contributed by atoms with Crippen molar-refractivity contribution >= 4 is 17.6 Å². The third-order valence-corrected chi connectivity index (χ3v) is 2.69. The predicted octanol–water partition coefficient (Wildman–Crippen LogP) is 2.00. The summed E-state index contributed by atoms with van der Waals surface area (Å²) in [5.41, 5.74) is 6.73. The Bertz CT molecular complexity index is 553. The summed E-state index contributed by atoms with van der Waals surface area (Å²) in [7, 11) is 1.49. The van der Waals surface area contributed by atoms with Gasteiger partial charge in [0, 0.05) is 6.92 Å². The van der Waals surface area contributed by atoms with E-state index in [-0.39, 0.29) is 12.2 Å². The molecule has 1 atom stereocenters. The van der Waals surface area contributed by atoms with Gasteiger partial charge in [-0.25, -0.2) is 4.79 Å². The molecule has 114 valence electrons. The highest BCUT2D eigenvalue weighted by Gasteiger charge is 2.25. The van der Waals surface area contributed by atoms with E-state index in [0.29, 0.717) is 17.0 Å². The van der Waals surface area contributed by atoms with E-state index in [2.05, 4.69) is 6.58 Å². The smallest absolute Gasteiger partial charge is 0.337 e. The lowest BCUT2D eigenvalue weighted by atomic mass is 10.0. The second kappa shape index (κ2) is 7.33. The molecule has 0 radical (unpaired) electrons. The quantitative estimate of drug-likeness (QED) is 0.490. The summed E-state index contributed by atoms with van der Waals surface area (Å²) in [6.45, 7) is 6.78. The van der Waals surface area contributed by atoms with Gasteiger partial charge in [0.05, 0.1) is 25.0 Å². The van der Waals surface area contributed by atoms with Crippen LogP contribution < -0.4 is 10.5 Å². The lowest BCUT2D eigenvalue weighted by molar-refractivity contribution is -0.147. The summed E-state index contributed by atoms with van der Waals surface area (Å²) in [5, 5.41) is 0. The summed E-state index contributed by atoms with van der Waals surface area (Å²) in [6, 6.07) is 4.84. The lowest BCUT2D eigenvalue weighted by Gasteiger charge is -2.19. The lowest BCUT2D eigenvalue weighted by Crippen LogP contribution is -2.18. The molecule has 21 heavy (non-hydrogen) atoms. The Morgan fingerprint density at radius 1 is 1.38 bits per heavy atom. The van der Waals surface area contributed by atoms with Crippen LogP contribution in [0.5, 0.6) is 5.75 Å². The number of benzene rings is 1. The molecular weight excluding hydrogens is 274 g/mol. The van der Waals surface area contributed by atoms with Crippen molar-refractivity contribution < 1.29 is 23.8 Å². The van der Waals surface area contributed by atoms with Gasteiger partial charge >= 0.3 is 11.9 Å². The molecule has 0 aliphatic heterocycles. The fraction of sp³-hybridized carbons (Fsp3) is 0.333. The SMILES string of the molecule is C=C(C(=O)OCC)C(OC(C)=O)c1ccc(OC)c(N)c1. The molecule has 0 heterocycles. The first kappa shape index (κ1) is 16.6. The first-order valence-electron chi connectivity index (χ1n) is 6.37. The van der Waals surface area contributed by atoms with Gasteiger partial charge in [-0.1, -0.05) is 12.6 Å². The summed E-state index contributed by atoms with van der Waals surface area (Å²) in [6.07, 6.45) is -0.949. The van der Waals surface area contributed by atoms with Gasteiger partial charge in [-0.2, -0.15) is 0 Å². The Labute approximate surface area is 123 Å². The Kier molecular flexibility index (Phi) is 5.78. The summed E-state index contributed by atoms with van der Waals surface area (Å²) in [5.74, 6) is -0.681. The van der Waals surface area contributed by atoms with Crippen LogP contribution in [0.2, 0.25) is 0 Å². The third-order valence-electron chi connectivity index (χ3n) is 2.69. The topological polar surface area (TPSA) is 87.8 Å². The monoisotopic (exact) mass is 293 g/mol. The molecule has 1 aromatic carbocycles. The second-order valence-electron chi connectivity index (χ2n) is 4.24. The number of ether oxygens (including phenoxy) is 3. The summed E-state index contributed by atoms with van der Waals surface area (Å²) >= 11 is 0. The van der Waals surface area contributed by atoms with E-state index in [4.69, 9.17) is 19.9 Å². The van der Waals surface area contributed by atoms with Crippen LogP contribution in [-0.2, 0) is 19.1 Å². The Balaban J connectivity index is 3.13. The number of methoxy groups -OCH3 is 1. The molecule has 0 aliphatic carbocycles. The van der Waals surface area contributed by atoms with Crippen molar-refractivity contribution in [2.45, 2.75) is 20.0 Å². The molecule has 0 amide bonds. The third kappa shape index (κ3) is 4.24. The van der Waals surface area contributed by atoms with Crippen molar-refractivity contribution in [1.82, 2.24) is 0 Å².